The molecule has 0 radical (unpaired) electrons. The first-order chi connectivity index (χ1) is 8.71. The van der Waals surface area contributed by atoms with Gasteiger partial charge in [-0.3, -0.25) is 4.79 Å². The number of aliphatic hydroxyl groups excluding tert-OH is 1. The third kappa shape index (κ3) is 1.77. The molecule has 3 rings (SSSR count). The van der Waals surface area contributed by atoms with Gasteiger partial charge >= 0.3 is 0 Å². The predicted molar refractivity (Wildman–Crippen MR) is 61.9 cm³/mol. The van der Waals surface area contributed by atoms with Crippen LogP contribution in [0.4, 0.5) is 0 Å². The third-order valence-electron chi connectivity index (χ3n) is 3.68. The summed E-state index contributed by atoms with van der Waals surface area (Å²) in [6.07, 6.45) is 4.02. The molecule has 2 fully saturated rings. The zero-order valence-corrected chi connectivity index (χ0v) is 9.95. The van der Waals surface area contributed by atoms with Gasteiger partial charge in [-0.25, -0.2) is 9.97 Å². The van der Waals surface area contributed by atoms with E-state index in [1.165, 1.54) is 12.5 Å². The van der Waals surface area contributed by atoms with Gasteiger partial charge in [-0.2, -0.15) is 0 Å². The molecule has 2 atom stereocenters. The maximum absolute atomic E-state index is 12.2. The molecule has 2 saturated heterocycles. The summed E-state index contributed by atoms with van der Waals surface area (Å²) >= 11 is 0. The van der Waals surface area contributed by atoms with E-state index in [9.17, 15) is 9.90 Å². The van der Waals surface area contributed by atoms with Crippen LogP contribution in [0.2, 0.25) is 0 Å². The van der Waals surface area contributed by atoms with E-state index in [0.717, 1.165) is 12.8 Å². The highest BCUT2D eigenvalue weighted by atomic mass is 16.5. The van der Waals surface area contributed by atoms with Gasteiger partial charge in [-0.15, -0.1) is 0 Å². The Bertz CT molecular complexity index is 445. The average Bonchev–Trinajstić information content (AvgIpc) is 2.99. The van der Waals surface area contributed by atoms with Gasteiger partial charge in [0.15, 0.2) is 0 Å². The fraction of sp³-hybridized carbons (Fsp3) is 0.583. The summed E-state index contributed by atoms with van der Waals surface area (Å²) in [5, 5.41) is 10.1. The standard InChI is InChI=1S/C12H15N3O3/c16-10-6-15(7-12(10)3-1-5-18-12)11(17)9-2-4-13-8-14-9/h2,4,8,10,16H,1,3,5-7H2/t10-,12-/m0/s1. The van der Waals surface area contributed by atoms with Crippen molar-refractivity contribution in [2.45, 2.75) is 24.5 Å². The molecule has 1 aromatic heterocycles. The second-order valence-electron chi connectivity index (χ2n) is 4.81. The van der Waals surface area contributed by atoms with E-state index >= 15 is 0 Å². The van der Waals surface area contributed by atoms with Crippen molar-refractivity contribution in [2.75, 3.05) is 19.7 Å². The van der Waals surface area contributed by atoms with E-state index in [2.05, 4.69) is 9.97 Å². The van der Waals surface area contributed by atoms with E-state index in [0.29, 0.717) is 25.4 Å². The summed E-state index contributed by atoms with van der Waals surface area (Å²) in [5.41, 5.74) is -0.199. The highest BCUT2D eigenvalue weighted by molar-refractivity contribution is 5.92. The summed E-state index contributed by atoms with van der Waals surface area (Å²) in [6.45, 7) is 1.41. The molecule has 2 aliphatic rings. The van der Waals surface area contributed by atoms with Crippen molar-refractivity contribution in [3.63, 3.8) is 0 Å². The molecule has 0 unspecified atom stereocenters. The van der Waals surface area contributed by atoms with Crippen molar-refractivity contribution in [1.29, 1.82) is 0 Å². The Hall–Kier alpha value is -1.53. The quantitative estimate of drug-likeness (QED) is 0.748. The summed E-state index contributed by atoms with van der Waals surface area (Å²) < 4.78 is 5.65. The second kappa shape index (κ2) is 4.29. The lowest BCUT2D eigenvalue weighted by molar-refractivity contribution is -0.0590. The van der Waals surface area contributed by atoms with Crippen LogP contribution in [0.1, 0.15) is 23.3 Å². The Morgan fingerprint density at radius 1 is 1.61 bits per heavy atom. The van der Waals surface area contributed by atoms with Crippen molar-refractivity contribution in [2.24, 2.45) is 0 Å². The Morgan fingerprint density at radius 2 is 2.50 bits per heavy atom. The first kappa shape index (κ1) is 11.6. The first-order valence-electron chi connectivity index (χ1n) is 6.09. The van der Waals surface area contributed by atoms with Gasteiger partial charge < -0.3 is 14.7 Å². The number of β-amino-alcohol motifs (C(OH)–C–C–N with tert-alkyl or cyclic N) is 1. The fourth-order valence-corrected chi connectivity index (χ4v) is 2.71. The minimum absolute atomic E-state index is 0.177. The largest absolute Gasteiger partial charge is 0.388 e. The van der Waals surface area contributed by atoms with Crippen LogP contribution >= 0.6 is 0 Å². The summed E-state index contributed by atoms with van der Waals surface area (Å²) in [7, 11) is 0. The second-order valence-corrected chi connectivity index (χ2v) is 4.81. The maximum atomic E-state index is 12.2. The molecule has 1 spiro atoms. The molecule has 6 heteroatoms. The van der Waals surface area contributed by atoms with Crippen LogP contribution in [0.25, 0.3) is 0 Å². The van der Waals surface area contributed by atoms with E-state index in [-0.39, 0.29) is 5.91 Å². The molecule has 0 saturated carbocycles. The molecule has 0 bridgehead atoms. The Kier molecular flexibility index (Phi) is 2.76. The molecular weight excluding hydrogens is 234 g/mol. The predicted octanol–water partition coefficient (Wildman–Crippen LogP) is -0.158. The smallest absolute Gasteiger partial charge is 0.272 e. The van der Waals surface area contributed by atoms with Crippen molar-refractivity contribution in [3.05, 3.63) is 24.3 Å². The summed E-state index contributed by atoms with van der Waals surface area (Å²) in [5.74, 6) is -0.177. The molecule has 1 amide bonds. The summed E-state index contributed by atoms with van der Waals surface area (Å²) in [6, 6.07) is 1.58. The van der Waals surface area contributed by atoms with Crippen LogP contribution in [-0.2, 0) is 4.74 Å². The number of aliphatic hydroxyl groups is 1. The van der Waals surface area contributed by atoms with Gasteiger partial charge in [0.05, 0.1) is 6.54 Å². The number of carbonyl (C=O) groups is 1. The van der Waals surface area contributed by atoms with Crippen LogP contribution in [0.15, 0.2) is 18.6 Å². The number of amides is 1. The molecule has 3 heterocycles. The average molecular weight is 249 g/mol. The molecule has 0 aliphatic carbocycles. The van der Waals surface area contributed by atoms with E-state index in [1.807, 2.05) is 0 Å². The third-order valence-corrected chi connectivity index (χ3v) is 3.68. The molecular formula is C12H15N3O3. The molecule has 2 aliphatic heterocycles. The lowest BCUT2D eigenvalue weighted by Crippen LogP contribution is -2.41. The van der Waals surface area contributed by atoms with Crippen molar-refractivity contribution in [3.8, 4) is 0 Å². The van der Waals surface area contributed by atoms with Gasteiger partial charge in [-0.05, 0) is 18.9 Å². The zero-order chi connectivity index (χ0) is 12.6. The molecule has 96 valence electrons. The summed E-state index contributed by atoms with van der Waals surface area (Å²) in [4.78, 5) is 21.5. The SMILES string of the molecule is O=C(c1ccncn1)N1C[C@H](O)[C@]2(CCCO2)C1. The number of hydrogen-bond donors (Lipinski definition) is 1. The highest BCUT2D eigenvalue weighted by Gasteiger charge is 2.50. The highest BCUT2D eigenvalue weighted by Crippen LogP contribution is 2.35. The number of nitrogens with zero attached hydrogens (tertiary/aromatic N) is 3. The van der Waals surface area contributed by atoms with E-state index < -0.39 is 11.7 Å². The van der Waals surface area contributed by atoms with Crippen LogP contribution in [-0.4, -0.2) is 57.3 Å². The minimum atomic E-state index is -0.606. The lowest BCUT2D eigenvalue weighted by atomic mass is 9.97. The topological polar surface area (TPSA) is 75.6 Å². The Labute approximate surface area is 105 Å². The Morgan fingerprint density at radius 3 is 3.17 bits per heavy atom. The molecule has 1 aromatic rings. The van der Waals surface area contributed by atoms with Gasteiger partial charge in [0.1, 0.15) is 23.7 Å². The number of likely N-dealkylation sites (tertiary alicyclic amines) is 1. The monoisotopic (exact) mass is 249 g/mol. The Balaban J connectivity index is 1.77. The van der Waals surface area contributed by atoms with Gasteiger partial charge in [0.25, 0.3) is 5.91 Å². The van der Waals surface area contributed by atoms with Crippen LogP contribution in [0, 0.1) is 0 Å². The number of hydrogen-bond acceptors (Lipinski definition) is 5. The normalized spacial score (nSPS) is 31.2. The lowest BCUT2D eigenvalue weighted by Gasteiger charge is -2.25. The van der Waals surface area contributed by atoms with Crippen molar-refractivity contribution < 1.29 is 14.6 Å². The molecule has 1 N–H and O–H groups in total. The zero-order valence-electron chi connectivity index (χ0n) is 9.95. The van der Waals surface area contributed by atoms with E-state index in [1.54, 1.807) is 11.0 Å². The fourth-order valence-electron chi connectivity index (χ4n) is 2.71. The van der Waals surface area contributed by atoms with Crippen LogP contribution < -0.4 is 0 Å². The van der Waals surface area contributed by atoms with Crippen LogP contribution in [0.5, 0.6) is 0 Å². The maximum Gasteiger partial charge on any atom is 0.272 e. The van der Waals surface area contributed by atoms with Gasteiger partial charge in [-0.1, -0.05) is 0 Å². The van der Waals surface area contributed by atoms with Gasteiger partial charge in [0.2, 0.25) is 0 Å². The minimum Gasteiger partial charge on any atom is -0.388 e. The first-order valence-corrected chi connectivity index (χ1v) is 6.09. The number of rotatable bonds is 1. The molecule has 6 nitrogen and oxygen atoms in total. The van der Waals surface area contributed by atoms with Crippen molar-refractivity contribution in [1.82, 2.24) is 14.9 Å². The number of ether oxygens (including phenoxy) is 1. The van der Waals surface area contributed by atoms with Gasteiger partial charge in [0, 0.05) is 19.3 Å². The van der Waals surface area contributed by atoms with E-state index in [4.69, 9.17) is 4.74 Å². The van der Waals surface area contributed by atoms with Crippen molar-refractivity contribution >= 4 is 5.91 Å². The molecule has 18 heavy (non-hydrogen) atoms. The van der Waals surface area contributed by atoms with Crippen LogP contribution in [0.3, 0.4) is 0 Å². The number of carbonyl (C=O) groups excluding carboxylic acids is 1. The number of aromatic nitrogens is 2. The molecule has 0 aromatic carbocycles.